The molecule has 0 bridgehead atoms. The van der Waals surface area contributed by atoms with E-state index in [1.807, 2.05) is 0 Å². The molecule has 3 nitrogen and oxygen atoms in total. The van der Waals surface area contributed by atoms with E-state index in [4.69, 9.17) is 0 Å². The van der Waals surface area contributed by atoms with E-state index < -0.39 is 11.6 Å². The van der Waals surface area contributed by atoms with Crippen molar-refractivity contribution < 1.29 is 9.18 Å². The lowest BCUT2D eigenvalue weighted by atomic mass is 9.93. The van der Waals surface area contributed by atoms with Crippen LogP contribution in [0.25, 0.3) is 0 Å². The number of carbonyl (C=O) groups is 1. The van der Waals surface area contributed by atoms with Gasteiger partial charge in [0.2, 0.25) is 5.67 Å². The molecular weight excluding hydrogens is 183 g/mol. The number of amides is 1. The number of carbonyl (C=O) groups excluding carboxylic acids is 1. The Kier molecular flexibility index (Phi) is 2.10. The molecule has 4 heteroatoms. The molecule has 2 heterocycles. The fraction of sp³-hybridized carbons (Fsp3) is 0.700. The Morgan fingerprint density at radius 2 is 2.57 bits per heavy atom. The van der Waals surface area contributed by atoms with E-state index in [0.717, 1.165) is 13.0 Å². The van der Waals surface area contributed by atoms with Gasteiger partial charge >= 0.3 is 0 Å². The van der Waals surface area contributed by atoms with E-state index in [2.05, 4.69) is 11.9 Å². The van der Waals surface area contributed by atoms with Crippen LogP contribution in [0.2, 0.25) is 0 Å². The lowest BCUT2D eigenvalue weighted by molar-refractivity contribution is -0.137. The normalized spacial score (nSPS) is 41.6. The number of allylic oxidation sites excluding steroid dienone is 1. The summed E-state index contributed by atoms with van der Waals surface area (Å²) in [5.41, 5.74) is -1.77. The van der Waals surface area contributed by atoms with Crippen molar-refractivity contribution in [3.8, 4) is 0 Å². The Bertz CT molecular complexity index is 281. The van der Waals surface area contributed by atoms with Crippen molar-refractivity contribution in [2.75, 3.05) is 13.6 Å². The van der Waals surface area contributed by atoms with Crippen molar-refractivity contribution in [3.05, 3.63) is 12.7 Å². The fourth-order valence-electron chi connectivity index (χ4n) is 2.57. The Hall–Kier alpha value is -0.900. The second-order valence-electron chi connectivity index (χ2n) is 4.06. The number of nitrogens with zero attached hydrogens (tertiary/aromatic N) is 1. The number of halogens is 1. The molecule has 0 unspecified atom stereocenters. The maximum absolute atomic E-state index is 14.4. The molecular formula is C10H15FN2O. The van der Waals surface area contributed by atoms with Gasteiger partial charge in [-0.1, -0.05) is 6.08 Å². The first-order valence-corrected chi connectivity index (χ1v) is 4.91. The highest BCUT2D eigenvalue weighted by Crippen LogP contribution is 2.38. The summed E-state index contributed by atoms with van der Waals surface area (Å²) in [6, 6.07) is -0.328. The largest absolute Gasteiger partial charge is 0.338 e. The average Bonchev–Trinajstić information content (AvgIpc) is 2.69. The van der Waals surface area contributed by atoms with E-state index in [9.17, 15) is 9.18 Å². The zero-order valence-electron chi connectivity index (χ0n) is 8.29. The van der Waals surface area contributed by atoms with Crippen molar-refractivity contribution >= 4 is 5.91 Å². The third-order valence-electron chi connectivity index (χ3n) is 3.30. The van der Waals surface area contributed by atoms with Crippen LogP contribution < -0.4 is 5.32 Å². The lowest BCUT2D eigenvalue weighted by Crippen LogP contribution is -2.47. The predicted octanol–water partition coefficient (Wildman–Crippen LogP) is 0.473. The maximum Gasteiger partial charge on any atom is 0.262 e. The molecule has 78 valence electrons. The number of fused-ring (bicyclic) bond motifs is 1. The summed E-state index contributed by atoms with van der Waals surface area (Å²) >= 11 is 0. The van der Waals surface area contributed by atoms with Crippen molar-refractivity contribution in [2.24, 2.45) is 0 Å². The first-order valence-electron chi connectivity index (χ1n) is 4.91. The molecule has 2 fully saturated rings. The zero-order valence-corrected chi connectivity index (χ0v) is 8.29. The molecule has 3 atom stereocenters. The minimum atomic E-state index is -1.77. The molecule has 2 rings (SSSR count). The lowest BCUT2D eigenvalue weighted by Gasteiger charge is -2.21. The third kappa shape index (κ3) is 1.03. The van der Waals surface area contributed by atoms with Crippen LogP contribution in [0.5, 0.6) is 0 Å². The van der Waals surface area contributed by atoms with Crippen LogP contribution in [0, 0.1) is 0 Å². The Balaban J connectivity index is 2.31. The van der Waals surface area contributed by atoms with Gasteiger partial charge in [0.1, 0.15) is 0 Å². The van der Waals surface area contributed by atoms with E-state index in [1.165, 1.54) is 11.0 Å². The van der Waals surface area contributed by atoms with E-state index in [0.29, 0.717) is 0 Å². The first kappa shape index (κ1) is 9.65. The fourth-order valence-corrected chi connectivity index (χ4v) is 2.57. The van der Waals surface area contributed by atoms with Crippen molar-refractivity contribution in [2.45, 2.75) is 30.6 Å². The molecule has 1 amide bonds. The summed E-state index contributed by atoms with van der Waals surface area (Å²) in [5.74, 6) is -0.403. The average molecular weight is 198 g/mol. The van der Waals surface area contributed by atoms with Crippen molar-refractivity contribution in [3.63, 3.8) is 0 Å². The summed E-state index contributed by atoms with van der Waals surface area (Å²) in [5, 5.41) is 3.07. The number of alkyl halides is 1. The number of hydrogen-bond acceptors (Lipinski definition) is 2. The minimum absolute atomic E-state index is 0.0208. The second-order valence-corrected chi connectivity index (χ2v) is 4.06. The van der Waals surface area contributed by atoms with Gasteiger partial charge in [-0.15, -0.1) is 6.58 Å². The van der Waals surface area contributed by atoms with Gasteiger partial charge in [0, 0.05) is 13.5 Å². The number of rotatable bonds is 2. The van der Waals surface area contributed by atoms with Gasteiger partial charge in [0.15, 0.2) is 0 Å². The molecule has 2 aliphatic rings. The molecule has 0 spiro atoms. The molecule has 0 aliphatic carbocycles. The van der Waals surface area contributed by atoms with Crippen LogP contribution in [0.3, 0.4) is 0 Å². The van der Waals surface area contributed by atoms with Gasteiger partial charge in [-0.2, -0.15) is 0 Å². The molecule has 0 aromatic rings. The molecule has 14 heavy (non-hydrogen) atoms. The quantitative estimate of drug-likeness (QED) is 0.654. The van der Waals surface area contributed by atoms with E-state index >= 15 is 0 Å². The van der Waals surface area contributed by atoms with Gasteiger partial charge in [-0.05, 0) is 13.0 Å². The van der Waals surface area contributed by atoms with Gasteiger partial charge in [-0.25, -0.2) is 4.39 Å². The summed E-state index contributed by atoms with van der Waals surface area (Å²) in [6.45, 7) is 4.29. The van der Waals surface area contributed by atoms with E-state index in [1.54, 1.807) is 7.05 Å². The molecule has 2 saturated heterocycles. The van der Waals surface area contributed by atoms with Crippen LogP contribution in [0.1, 0.15) is 12.8 Å². The summed E-state index contributed by atoms with van der Waals surface area (Å²) in [4.78, 5) is 13.2. The van der Waals surface area contributed by atoms with Gasteiger partial charge in [0.25, 0.3) is 5.91 Å². The zero-order chi connectivity index (χ0) is 10.3. The highest BCUT2D eigenvalue weighted by molar-refractivity contribution is 5.89. The first-order chi connectivity index (χ1) is 6.61. The van der Waals surface area contributed by atoms with Gasteiger partial charge < -0.3 is 10.2 Å². The van der Waals surface area contributed by atoms with Crippen LogP contribution in [0.4, 0.5) is 4.39 Å². The Morgan fingerprint density at radius 3 is 3.21 bits per heavy atom. The molecule has 1 N–H and O–H groups in total. The monoisotopic (exact) mass is 198 g/mol. The number of likely N-dealkylation sites (N-methyl/N-ethyl adjacent to an activating group) is 1. The van der Waals surface area contributed by atoms with Gasteiger partial charge in [-0.3, -0.25) is 4.79 Å². The van der Waals surface area contributed by atoms with Gasteiger partial charge in [0.05, 0.1) is 12.1 Å². The smallest absolute Gasteiger partial charge is 0.262 e. The second kappa shape index (κ2) is 3.05. The Labute approximate surface area is 83.0 Å². The van der Waals surface area contributed by atoms with E-state index in [-0.39, 0.29) is 18.5 Å². The SMILES string of the molecule is C=CC[C@@]1(F)C(=O)N(C)[C@H]2CCN[C@@H]21. The third-order valence-corrected chi connectivity index (χ3v) is 3.30. The van der Waals surface area contributed by atoms with Crippen LogP contribution in [-0.4, -0.2) is 42.2 Å². The Morgan fingerprint density at radius 1 is 1.86 bits per heavy atom. The van der Waals surface area contributed by atoms with Crippen molar-refractivity contribution in [1.82, 2.24) is 10.2 Å². The molecule has 0 aromatic carbocycles. The highest BCUT2D eigenvalue weighted by Gasteiger charge is 2.59. The standard InChI is InChI=1S/C10H15FN2O/c1-3-5-10(11)8-7(4-6-12-8)13(2)9(10)14/h3,7-8,12H,1,4-6H2,2H3/t7-,8-,10-/m0/s1. The van der Waals surface area contributed by atoms with Crippen molar-refractivity contribution in [1.29, 1.82) is 0 Å². The number of nitrogens with one attached hydrogen (secondary N) is 1. The summed E-state index contributed by atoms with van der Waals surface area (Å²) < 4.78 is 14.4. The molecule has 0 saturated carbocycles. The summed E-state index contributed by atoms with van der Waals surface area (Å²) in [6.07, 6.45) is 2.42. The van der Waals surface area contributed by atoms with Crippen LogP contribution in [0.15, 0.2) is 12.7 Å². The molecule has 0 aromatic heterocycles. The summed E-state index contributed by atoms with van der Waals surface area (Å²) in [7, 11) is 1.68. The minimum Gasteiger partial charge on any atom is -0.338 e. The highest BCUT2D eigenvalue weighted by atomic mass is 19.1. The number of likely N-dealkylation sites (tertiary alicyclic amines) is 1. The van der Waals surface area contributed by atoms with Crippen LogP contribution in [-0.2, 0) is 4.79 Å². The van der Waals surface area contributed by atoms with Crippen LogP contribution >= 0.6 is 0 Å². The topological polar surface area (TPSA) is 32.3 Å². The predicted molar refractivity (Wildman–Crippen MR) is 51.6 cm³/mol. The number of hydrogen-bond donors (Lipinski definition) is 1. The molecule has 2 aliphatic heterocycles. The molecule has 0 radical (unpaired) electrons. The maximum atomic E-state index is 14.4.